The Morgan fingerprint density at radius 3 is 2.59 bits per heavy atom. The lowest BCUT2D eigenvalue weighted by molar-refractivity contribution is 0.0730. The third-order valence-corrected chi connectivity index (χ3v) is 6.83. The predicted molar refractivity (Wildman–Crippen MR) is 107 cm³/mol. The van der Waals surface area contributed by atoms with Crippen LogP contribution >= 0.6 is 0 Å². The molecule has 158 valence electrons. The molecule has 0 saturated carbocycles. The largest absolute Gasteiger partial charge is 0.379 e. The Morgan fingerprint density at radius 1 is 1.28 bits per heavy atom. The van der Waals surface area contributed by atoms with Gasteiger partial charge in [-0.2, -0.15) is 9.40 Å². The standard InChI is InChI=1S/C18H26N6O4S/c1-15(16-3-5-17(6-4-16)24-14-19-13-21-24)22(2)18(25)20-7-12-29(26,27)23-8-10-28-11-9-23/h3-6,13-15H,7-12H2,1-2H3,(H,20,25). The Morgan fingerprint density at radius 2 is 1.97 bits per heavy atom. The van der Waals surface area contributed by atoms with E-state index >= 15 is 0 Å². The summed E-state index contributed by atoms with van der Waals surface area (Å²) in [5, 5.41) is 6.77. The zero-order valence-corrected chi connectivity index (χ0v) is 17.4. The summed E-state index contributed by atoms with van der Waals surface area (Å²) in [6, 6.07) is 7.15. The Labute approximate surface area is 170 Å². The number of morpholine rings is 1. The molecule has 2 heterocycles. The molecule has 1 N–H and O–H groups in total. The Balaban J connectivity index is 1.51. The molecule has 0 bridgehead atoms. The summed E-state index contributed by atoms with van der Waals surface area (Å²) in [7, 11) is -1.71. The molecule has 1 aliphatic rings. The smallest absolute Gasteiger partial charge is 0.317 e. The van der Waals surface area contributed by atoms with Crippen molar-refractivity contribution in [2.45, 2.75) is 13.0 Å². The second-order valence-electron chi connectivity index (χ2n) is 6.78. The molecule has 10 nitrogen and oxygen atoms in total. The van der Waals surface area contributed by atoms with Gasteiger partial charge < -0.3 is 15.0 Å². The number of hydrogen-bond donors (Lipinski definition) is 1. The van der Waals surface area contributed by atoms with Gasteiger partial charge in [-0.25, -0.2) is 22.9 Å². The second-order valence-corrected chi connectivity index (χ2v) is 8.87. The van der Waals surface area contributed by atoms with E-state index in [4.69, 9.17) is 4.74 Å². The normalized spacial score (nSPS) is 16.3. The second kappa shape index (κ2) is 9.33. The number of urea groups is 1. The zero-order chi connectivity index (χ0) is 20.9. The van der Waals surface area contributed by atoms with Crippen LogP contribution in [0.25, 0.3) is 5.69 Å². The third-order valence-electron chi connectivity index (χ3n) is 4.96. The van der Waals surface area contributed by atoms with Gasteiger partial charge in [0, 0.05) is 26.7 Å². The summed E-state index contributed by atoms with van der Waals surface area (Å²) in [4.78, 5) is 17.9. The van der Waals surface area contributed by atoms with Crippen LogP contribution in [0.2, 0.25) is 0 Å². The lowest BCUT2D eigenvalue weighted by Crippen LogP contribution is -2.45. The van der Waals surface area contributed by atoms with Gasteiger partial charge in [0.15, 0.2) is 0 Å². The van der Waals surface area contributed by atoms with Crippen LogP contribution in [0.5, 0.6) is 0 Å². The van der Waals surface area contributed by atoms with Crippen molar-refractivity contribution < 1.29 is 17.9 Å². The molecule has 1 saturated heterocycles. The van der Waals surface area contributed by atoms with E-state index in [-0.39, 0.29) is 24.4 Å². The lowest BCUT2D eigenvalue weighted by atomic mass is 10.1. The zero-order valence-electron chi connectivity index (χ0n) is 16.6. The van der Waals surface area contributed by atoms with Crippen LogP contribution in [0.4, 0.5) is 4.79 Å². The van der Waals surface area contributed by atoms with Crippen molar-refractivity contribution in [3.63, 3.8) is 0 Å². The highest BCUT2D eigenvalue weighted by Crippen LogP contribution is 2.20. The van der Waals surface area contributed by atoms with Crippen LogP contribution in [-0.2, 0) is 14.8 Å². The number of ether oxygens (including phenoxy) is 1. The molecule has 1 fully saturated rings. The number of amides is 2. The van der Waals surface area contributed by atoms with E-state index in [1.807, 2.05) is 31.2 Å². The van der Waals surface area contributed by atoms with Crippen LogP contribution < -0.4 is 5.32 Å². The van der Waals surface area contributed by atoms with Crippen molar-refractivity contribution in [2.24, 2.45) is 0 Å². The summed E-state index contributed by atoms with van der Waals surface area (Å²) < 4.78 is 32.9. The summed E-state index contributed by atoms with van der Waals surface area (Å²) in [5.74, 6) is -0.131. The number of rotatable bonds is 7. The van der Waals surface area contributed by atoms with Gasteiger partial charge in [-0.3, -0.25) is 0 Å². The number of benzene rings is 1. The maximum absolute atomic E-state index is 12.4. The minimum absolute atomic E-state index is 0.0564. The molecule has 1 aromatic heterocycles. The van der Waals surface area contributed by atoms with Gasteiger partial charge in [-0.1, -0.05) is 12.1 Å². The fourth-order valence-corrected chi connectivity index (χ4v) is 4.34. The van der Waals surface area contributed by atoms with E-state index < -0.39 is 10.0 Å². The predicted octanol–water partition coefficient (Wildman–Crippen LogP) is 0.632. The number of nitrogens with zero attached hydrogens (tertiary/aromatic N) is 5. The number of carbonyl (C=O) groups is 1. The van der Waals surface area contributed by atoms with Gasteiger partial charge in [0.25, 0.3) is 0 Å². The van der Waals surface area contributed by atoms with Gasteiger partial charge in [-0.05, 0) is 24.6 Å². The highest BCUT2D eigenvalue weighted by Gasteiger charge is 2.24. The maximum Gasteiger partial charge on any atom is 0.317 e. The van der Waals surface area contributed by atoms with Crippen LogP contribution in [0, 0.1) is 0 Å². The quantitative estimate of drug-likeness (QED) is 0.701. The van der Waals surface area contributed by atoms with E-state index in [1.54, 1.807) is 23.0 Å². The summed E-state index contributed by atoms with van der Waals surface area (Å²) in [6.07, 6.45) is 3.08. The molecule has 1 aromatic carbocycles. The Kier molecular flexibility index (Phi) is 6.83. The molecule has 1 unspecified atom stereocenters. The summed E-state index contributed by atoms with van der Waals surface area (Å²) in [6.45, 7) is 3.49. The van der Waals surface area contributed by atoms with Crippen LogP contribution in [-0.4, -0.2) is 84.1 Å². The van der Waals surface area contributed by atoms with Gasteiger partial charge in [0.2, 0.25) is 10.0 Å². The first-order chi connectivity index (χ1) is 13.9. The van der Waals surface area contributed by atoms with E-state index in [2.05, 4.69) is 15.4 Å². The van der Waals surface area contributed by atoms with Gasteiger partial charge >= 0.3 is 6.03 Å². The average Bonchev–Trinajstić information content (AvgIpc) is 3.28. The molecule has 29 heavy (non-hydrogen) atoms. The summed E-state index contributed by atoms with van der Waals surface area (Å²) >= 11 is 0. The van der Waals surface area contributed by atoms with Gasteiger partial charge in [-0.15, -0.1) is 0 Å². The number of nitrogens with one attached hydrogen (secondary N) is 1. The Hall–Kier alpha value is -2.50. The number of aromatic nitrogens is 3. The molecule has 2 amide bonds. The van der Waals surface area contributed by atoms with Crippen LogP contribution in [0.1, 0.15) is 18.5 Å². The highest BCUT2D eigenvalue weighted by molar-refractivity contribution is 7.89. The molecule has 0 spiro atoms. The van der Waals surface area contributed by atoms with E-state index in [0.29, 0.717) is 26.3 Å². The van der Waals surface area contributed by atoms with Crippen molar-refractivity contribution in [1.82, 2.24) is 29.3 Å². The maximum atomic E-state index is 12.4. The fourth-order valence-electron chi connectivity index (χ4n) is 3.01. The fraction of sp³-hybridized carbons (Fsp3) is 0.500. The van der Waals surface area contributed by atoms with Gasteiger partial charge in [0.1, 0.15) is 12.7 Å². The van der Waals surface area contributed by atoms with Crippen molar-refractivity contribution in [1.29, 1.82) is 0 Å². The average molecular weight is 423 g/mol. The Bertz CT molecular complexity index is 895. The number of sulfonamides is 1. The van der Waals surface area contributed by atoms with Crippen molar-refractivity contribution in [3.8, 4) is 5.69 Å². The molecular weight excluding hydrogens is 396 g/mol. The highest BCUT2D eigenvalue weighted by atomic mass is 32.2. The van der Waals surface area contributed by atoms with Gasteiger partial charge in [0.05, 0.1) is 30.7 Å². The molecular formula is C18H26N6O4S. The minimum Gasteiger partial charge on any atom is -0.379 e. The van der Waals surface area contributed by atoms with Crippen LogP contribution in [0.15, 0.2) is 36.9 Å². The van der Waals surface area contributed by atoms with E-state index in [1.165, 1.54) is 10.6 Å². The number of carbonyl (C=O) groups excluding carboxylic acids is 1. The SMILES string of the molecule is CC(c1ccc(-n2cncn2)cc1)N(C)C(=O)NCCS(=O)(=O)N1CCOCC1. The molecule has 0 aliphatic carbocycles. The first-order valence-electron chi connectivity index (χ1n) is 9.39. The molecule has 11 heteroatoms. The van der Waals surface area contributed by atoms with E-state index in [0.717, 1.165) is 11.3 Å². The molecule has 3 rings (SSSR count). The molecule has 1 aliphatic heterocycles. The first-order valence-corrected chi connectivity index (χ1v) is 11.0. The summed E-state index contributed by atoms with van der Waals surface area (Å²) in [5.41, 5.74) is 1.83. The van der Waals surface area contributed by atoms with Crippen LogP contribution in [0.3, 0.4) is 0 Å². The van der Waals surface area contributed by atoms with Crippen molar-refractivity contribution in [2.75, 3.05) is 45.6 Å². The third kappa shape index (κ3) is 5.31. The monoisotopic (exact) mass is 422 g/mol. The molecule has 2 aromatic rings. The lowest BCUT2D eigenvalue weighted by Gasteiger charge is -2.27. The molecule has 1 atom stereocenters. The first kappa shape index (κ1) is 21.2. The number of hydrogen-bond acceptors (Lipinski definition) is 6. The topological polar surface area (TPSA) is 110 Å². The van der Waals surface area contributed by atoms with Crippen molar-refractivity contribution in [3.05, 3.63) is 42.5 Å². The minimum atomic E-state index is -3.40. The molecule has 0 radical (unpaired) electrons. The van der Waals surface area contributed by atoms with E-state index in [9.17, 15) is 13.2 Å². The van der Waals surface area contributed by atoms with Crippen molar-refractivity contribution >= 4 is 16.1 Å².